The highest BCUT2D eigenvalue weighted by molar-refractivity contribution is 8.00. The Morgan fingerprint density at radius 1 is 1.50 bits per heavy atom. The first-order chi connectivity index (χ1) is 8.64. The zero-order valence-corrected chi connectivity index (χ0v) is 11.4. The lowest BCUT2D eigenvalue weighted by atomic mass is 10.1. The molecule has 3 nitrogen and oxygen atoms in total. The Kier molecular flexibility index (Phi) is 2.60. The lowest BCUT2D eigenvalue weighted by molar-refractivity contribution is 0.584. The molecule has 1 aromatic carbocycles. The lowest BCUT2D eigenvalue weighted by Crippen LogP contribution is -2.18. The highest BCUT2D eigenvalue weighted by Gasteiger charge is 2.35. The lowest BCUT2D eigenvalue weighted by Gasteiger charge is -2.21. The zero-order chi connectivity index (χ0) is 12.8. The molecule has 2 heterocycles. The molecule has 0 amide bonds. The van der Waals surface area contributed by atoms with Crippen LogP contribution in [0.2, 0.25) is 0 Å². The summed E-state index contributed by atoms with van der Waals surface area (Å²) in [6.45, 7) is 2.27. The van der Waals surface area contributed by atoms with Gasteiger partial charge in [-0.05, 0) is 43.7 Å². The van der Waals surface area contributed by atoms with Crippen LogP contribution in [0.4, 0.5) is 0 Å². The molecule has 0 radical (unpaired) electrons. The molecule has 4 heteroatoms. The summed E-state index contributed by atoms with van der Waals surface area (Å²) in [6.07, 6.45) is 2.44. The van der Waals surface area contributed by atoms with Gasteiger partial charge in [-0.25, -0.2) is 4.98 Å². The first-order valence-corrected chi connectivity index (χ1v) is 7.14. The van der Waals surface area contributed by atoms with Crippen LogP contribution >= 0.6 is 11.8 Å². The third-order valence-electron chi connectivity index (χ3n) is 3.70. The molecule has 3 rings (SSSR count). The van der Waals surface area contributed by atoms with Gasteiger partial charge in [0.05, 0.1) is 27.4 Å². The van der Waals surface area contributed by atoms with Crippen LogP contribution in [0.1, 0.15) is 31.2 Å². The largest absolute Gasteiger partial charge is 0.330 e. The van der Waals surface area contributed by atoms with Crippen molar-refractivity contribution < 1.29 is 0 Å². The normalized spacial score (nSPS) is 23.4. The number of fused-ring (bicyclic) bond motifs is 1. The highest BCUT2D eigenvalue weighted by Crippen LogP contribution is 2.46. The van der Waals surface area contributed by atoms with Crippen LogP contribution in [-0.2, 0) is 11.8 Å². The number of imidazole rings is 1. The van der Waals surface area contributed by atoms with Crippen molar-refractivity contribution in [2.75, 3.05) is 5.75 Å². The van der Waals surface area contributed by atoms with Gasteiger partial charge >= 0.3 is 0 Å². The Balaban J connectivity index is 2.20. The molecule has 0 bridgehead atoms. The molecule has 1 saturated heterocycles. The summed E-state index contributed by atoms with van der Waals surface area (Å²) in [5.74, 6) is 2.35. The van der Waals surface area contributed by atoms with Gasteiger partial charge in [-0.15, -0.1) is 11.8 Å². The average molecular weight is 257 g/mol. The zero-order valence-electron chi connectivity index (χ0n) is 10.6. The van der Waals surface area contributed by atoms with Crippen LogP contribution < -0.4 is 0 Å². The van der Waals surface area contributed by atoms with Gasteiger partial charge in [0, 0.05) is 7.05 Å². The van der Waals surface area contributed by atoms with E-state index in [1.165, 1.54) is 18.6 Å². The van der Waals surface area contributed by atoms with Gasteiger partial charge < -0.3 is 4.57 Å². The summed E-state index contributed by atoms with van der Waals surface area (Å²) in [5, 5.41) is 8.97. The minimum Gasteiger partial charge on any atom is -0.330 e. The second-order valence-corrected chi connectivity index (χ2v) is 6.59. The maximum absolute atomic E-state index is 8.97. The minimum absolute atomic E-state index is 0.126. The van der Waals surface area contributed by atoms with Crippen molar-refractivity contribution in [3.8, 4) is 6.07 Å². The summed E-state index contributed by atoms with van der Waals surface area (Å²) in [4.78, 5) is 4.77. The summed E-state index contributed by atoms with van der Waals surface area (Å²) in [5.41, 5.74) is 2.74. The number of aromatic nitrogens is 2. The van der Waals surface area contributed by atoms with Crippen molar-refractivity contribution in [2.24, 2.45) is 7.05 Å². The van der Waals surface area contributed by atoms with Gasteiger partial charge in [-0.1, -0.05) is 0 Å². The molecule has 92 valence electrons. The summed E-state index contributed by atoms with van der Waals surface area (Å²) < 4.78 is 2.27. The second kappa shape index (κ2) is 4.03. The molecular weight excluding hydrogens is 242 g/mol. The molecule has 18 heavy (non-hydrogen) atoms. The third-order valence-corrected chi connectivity index (χ3v) is 5.22. The molecule has 1 fully saturated rings. The Morgan fingerprint density at radius 2 is 2.33 bits per heavy atom. The van der Waals surface area contributed by atoms with E-state index < -0.39 is 0 Å². The summed E-state index contributed by atoms with van der Waals surface area (Å²) in [7, 11) is 2.05. The van der Waals surface area contributed by atoms with Gasteiger partial charge in [0.25, 0.3) is 0 Å². The molecule has 1 unspecified atom stereocenters. The van der Waals surface area contributed by atoms with Crippen LogP contribution in [0.15, 0.2) is 18.2 Å². The highest BCUT2D eigenvalue weighted by atomic mass is 32.2. The van der Waals surface area contributed by atoms with E-state index in [-0.39, 0.29) is 4.75 Å². The topological polar surface area (TPSA) is 41.6 Å². The molecule has 0 aliphatic carbocycles. The number of benzene rings is 1. The van der Waals surface area contributed by atoms with E-state index >= 15 is 0 Å². The van der Waals surface area contributed by atoms with Crippen molar-refractivity contribution in [1.29, 1.82) is 5.26 Å². The number of nitriles is 1. The Morgan fingerprint density at radius 3 is 3.00 bits per heavy atom. The number of thioether (sulfide) groups is 1. The first kappa shape index (κ1) is 11.6. The van der Waals surface area contributed by atoms with Gasteiger partial charge in [-0.2, -0.15) is 5.26 Å². The maximum atomic E-state index is 8.97. The van der Waals surface area contributed by atoms with E-state index in [0.29, 0.717) is 5.56 Å². The Bertz CT molecular complexity index is 645. The molecule has 1 aromatic heterocycles. The van der Waals surface area contributed by atoms with E-state index in [2.05, 4.69) is 24.6 Å². The predicted molar refractivity (Wildman–Crippen MR) is 74.5 cm³/mol. The molecule has 1 atom stereocenters. The number of nitrogens with zero attached hydrogens (tertiary/aromatic N) is 3. The standard InChI is InChI=1S/C14H15N3S/c1-14(6-3-7-18-14)13-16-11-5-4-10(9-15)8-12(11)17(13)2/h4-5,8H,3,6-7H2,1-2H3. The molecule has 0 saturated carbocycles. The third kappa shape index (κ3) is 1.62. The van der Waals surface area contributed by atoms with E-state index in [1.807, 2.05) is 30.0 Å². The smallest absolute Gasteiger partial charge is 0.125 e. The summed E-state index contributed by atoms with van der Waals surface area (Å²) >= 11 is 1.99. The average Bonchev–Trinajstić information content (AvgIpc) is 2.95. The van der Waals surface area contributed by atoms with Gasteiger partial charge in [0.2, 0.25) is 0 Å². The Hall–Kier alpha value is -1.47. The van der Waals surface area contributed by atoms with Crippen LogP contribution in [0, 0.1) is 11.3 Å². The van der Waals surface area contributed by atoms with Crippen molar-refractivity contribution in [3.05, 3.63) is 29.6 Å². The Labute approximate surface area is 111 Å². The quantitative estimate of drug-likeness (QED) is 0.788. The van der Waals surface area contributed by atoms with E-state index in [9.17, 15) is 0 Å². The van der Waals surface area contributed by atoms with Crippen LogP contribution in [0.25, 0.3) is 11.0 Å². The first-order valence-electron chi connectivity index (χ1n) is 6.15. The van der Waals surface area contributed by atoms with Crippen LogP contribution in [0.5, 0.6) is 0 Å². The number of aryl methyl sites for hydroxylation is 1. The fraction of sp³-hybridized carbons (Fsp3) is 0.429. The van der Waals surface area contributed by atoms with Crippen LogP contribution in [0.3, 0.4) is 0 Å². The molecular formula is C14H15N3S. The number of hydrogen-bond acceptors (Lipinski definition) is 3. The summed E-state index contributed by atoms with van der Waals surface area (Å²) in [6, 6.07) is 7.90. The van der Waals surface area contributed by atoms with Crippen molar-refractivity contribution in [1.82, 2.24) is 9.55 Å². The number of rotatable bonds is 1. The van der Waals surface area contributed by atoms with E-state index in [1.54, 1.807) is 0 Å². The van der Waals surface area contributed by atoms with Crippen molar-refractivity contribution in [3.63, 3.8) is 0 Å². The van der Waals surface area contributed by atoms with E-state index in [0.717, 1.165) is 16.9 Å². The van der Waals surface area contributed by atoms with Crippen molar-refractivity contribution in [2.45, 2.75) is 24.5 Å². The van der Waals surface area contributed by atoms with Gasteiger partial charge in [0.1, 0.15) is 5.82 Å². The predicted octanol–water partition coefficient (Wildman–Crippen LogP) is 3.19. The van der Waals surface area contributed by atoms with Crippen LogP contribution in [-0.4, -0.2) is 15.3 Å². The number of hydrogen-bond donors (Lipinski definition) is 0. The maximum Gasteiger partial charge on any atom is 0.125 e. The molecule has 1 aliphatic heterocycles. The molecule has 0 spiro atoms. The van der Waals surface area contributed by atoms with Gasteiger partial charge in [-0.3, -0.25) is 0 Å². The fourth-order valence-electron chi connectivity index (χ4n) is 2.69. The molecule has 2 aromatic rings. The SMILES string of the molecule is Cn1c(C2(C)CCCS2)nc2ccc(C#N)cc21. The van der Waals surface area contributed by atoms with Gasteiger partial charge in [0.15, 0.2) is 0 Å². The molecule has 1 aliphatic rings. The van der Waals surface area contributed by atoms with E-state index in [4.69, 9.17) is 10.2 Å². The monoisotopic (exact) mass is 257 g/mol. The fourth-order valence-corrected chi connectivity index (χ4v) is 4.03. The second-order valence-electron chi connectivity index (χ2n) is 4.99. The minimum atomic E-state index is 0.126. The van der Waals surface area contributed by atoms with Crippen molar-refractivity contribution >= 4 is 22.8 Å². The molecule has 0 N–H and O–H groups in total.